The molecule has 2 aromatic rings. The van der Waals surface area contributed by atoms with E-state index in [1.54, 1.807) is 14.0 Å². The molecule has 2 nitrogen and oxygen atoms in total. The van der Waals surface area contributed by atoms with Crippen LogP contribution in [0.4, 0.5) is 0 Å². The van der Waals surface area contributed by atoms with Crippen LogP contribution in [0.25, 0.3) is 11.1 Å². The minimum atomic E-state index is 0.0168. The van der Waals surface area contributed by atoms with E-state index in [1.807, 2.05) is 30.3 Å². The predicted octanol–water partition coefficient (Wildman–Crippen LogP) is 3.87. The minimum Gasteiger partial charge on any atom is -0.496 e. The van der Waals surface area contributed by atoms with Gasteiger partial charge in [-0.05, 0) is 42.7 Å². The number of rotatable bonds is 3. The van der Waals surface area contributed by atoms with E-state index in [-0.39, 0.29) is 5.78 Å². The molecular weight excluding hydrogens is 224 g/mol. The summed E-state index contributed by atoms with van der Waals surface area (Å²) >= 11 is 0. The molecule has 0 saturated heterocycles. The summed E-state index contributed by atoms with van der Waals surface area (Å²) in [6.45, 7) is 3.62. The lowest BCUT2D eigenvalue weighted by Crippen LogP contribution is -1.97. The zero-order valence-electron chi connectivity index (χ0n) is 10.9. The van der Waals surface area contributed by atoms with E-state index in [0.717, 1.165) is 11.1 Å². The molecule has 0 saturated carbocycles. The number of carbonyl (C=O) groups is 1. The lowest BCUT2D eigenvalue weighted by Gasteiger charge is -2.10. The van der Waals surface area contributed by atoms with Crippen molar-refractivity contribution >= 4 is 5.78 Å². The van der Waals surface area contributed by atoms with E-state index in [1.165, 1.54) is 5.56 Å². The summed E-state index contributed by atoms with van der Waals surface area (Å²) in [5, 5.41) is 0. The lowest BCUT2D eigenvalue weighted by atomic mass is 9.98. The number of carbonyl (C=O) groups excluding carboxylic acids is 1. The van der Waals surface area contributed by atoms with Gasteiger partial charge in [0.05, 0.1) is 12.7 Å². The van der Waals surface area contributed by atoms with Crippen molar-refractivity contribution < 1.29 is 9.53 Å². The van der Waals surface area contributed by atoms with Gasteiger partial charge in [-0.2, -0.15) is 0 Å². The first-order valence-electron chi connectivity index (χ1n) is 5.88. The molecule has 0 aromatic heterocycles. The molecule has 2 heteroatoms. The number of hydrogen-bond donors (Lipinski definition) is 0. The Hall–Kier alpha value is -2.09. The van der Waals surface area contributed by atoms with Crippen LogP contribution in [-0.4, -0.2) is 12.9 Å². The maximum atomic E-state index is 11.5. The Kier molecular flexibility index (Phi) is 3.47. The van der Waals surface area contributed by atoms with Crippen LogP contribution in [-0.2, 0) is 0 Å². The van der Waals surface area contributed by atoms with Gasteiger partial charge in [0.1, 0.15) is 5.75 Å². The fourth-order valence-electron chi connectivity index (χ4n) is 2.05. The maximum absolute atomic E-state index is 11.5. The zero-order chi connectivity index (χ0) is 13.1. The molecule has 92 valence electrons. The number of methoxy groups -OCH3 is 1. The van der Waals surface area contributed by atoms with Gasteiger partial charge in [-0.1, -0.05) is 30.3 Å². The summed E-state index contributed by atoms with van der Waals surface area (Å²) in [7, 11) is 1.59. The average molecular weight is 240 g/mol. The van der Waals surface area contributed by atoms with Crippen LogP contribution >= 0.6 is 0 Å². The van der Waals surface area contributed by atoms with Crippen molar-refractivity contribution in [2.75, 3.05) is 7.11 Å². The van der Waals surface area contributed by atoms with Crippen molar-refractivity contribution in [1.82, 2.24) is 0 Å². The first-order valence-corrected chi connectivity index (χ1v) is 5.88. The second-order valence-electron chi connectivity index (χ2n) is 4.29. The molecule has 2 aromatic carbocycles. The minimum absolute atomic E-state index is 0.0168. The molecule has 0 N–H and O–H groups in total. The van der Waals surface area contributed by atoms with Gasteiger partial charge >= 0.3 is 0 Å². The SMILES string of the molecule is COc1cc(-c2ccccc2C)ccc1C(C)=O. The molecule has 0 radical (unpaired) electrons. The third-order valence-corrected chi connectivity index (χ3v) is 3.04. The van der Waals surface area contributed by atoms with Crippen LogP contribution in [0, 0.1) is 6.92 Å². The summed E-state index contributed by atoms with van der Waals surface area (Å²) < 4.78 is 5.29. The van der Waals surface area contributed by atoms with Gasteiger partial charge in [0.15, 0.2) is 5.78 Å². The molecule has 0 bridgehead atoms. The Morgan fingerprint density at radius 1 is 1.11 bits per heavy atom. The molecular formula is C16H16O2. The number of benzene rings is 2. The summed E-state index contributed by atoms with van der Waals surface area (Å²) in [4.78, 5) is 11.5. The average Bonchev–Trinajstić information content (AvgIpc) is 2.38. The van der Waals surface area contributed by atoms with Gasteiger partial charge in [0.25, 0.3) is 0 Å². The monoisotopic (exact) mass is 240 g/mol. The van der Waals surface area contributed by atoms with Crippen LogP contribution in [0.15, 0.2) is 42.5 Å². The van der Waals surface area contributed by atoms with Crippen LogP contribution < -0.4 is 4.74 Å². The summed E-state index contributed by atoms with van der Waals surface area (Å²) in [6.07, 6.45) is 0. The number of aryl methyl sites for hydroxylation is 1. The second kappa shape index (κ2) is 5.05. The van der Waals surface area contributed by atoms with Crippen LogP contribution in [0.1, 0.15) is 22.8 Å². The topological polar surface area (TPSA) is 26.3 Å². The fraction of sp³-hybridized carbons (Fsp3) is 0.188. The maximum Gasteiger partial charge on any atom is 0.163 e. The fourth-order valence-corrected chi connectivity index (χ4v) is 2.05. The Balaban J connectivity index is 2.55. The molecule has 0 aliphatic rings. The van der Waals surface area contributed by atoms with Crippen LogP contribution in [0.2, 0.25) is 0 Å². The van der Waals surface area contributed by atoms with E-state index in [0.29, 0.717) is 11.3 Å². The standard InChI is InChI=1S/C16H16O2/c1-11-6-4-5-7-14(11)13-8-9-15(12(2)17)16(10-13)18-3/h4-10H,1-3H3. The van der Waals surface area contributed by atoms with Gasteiger partial charge in [-0.25, -0.2) is 0 Å². The van der Waals surface area contributed by atoms with Gasteiger partial charge < -0.3 is 4.74 Å². The third kappa shape index (κ3) is 2.28. The first kappa shape index (κ1) is 12.4. The van der Waals surface area contributed by atoms with Crippen molar-refractivity contribution in [3.05, 3.63) is 53.6 Å². The Morgan fingerprint density at radius 3 is 2.44 bits per heavy atom. The number of ether oxygens (including phenoxy) is 1. The summed E-state index contributed by atoms with van der Waals surface area (Å²) in [5.41, 5.74) is 4.05. The molecule has 0 unspecified atom stereocenters. The van der Waals surface area contributed by atoms with Crippen LogP contribution in [0.5, 0.6) is 5.75 Å². The molecule has 0 spiro atoms. The highest BCUT2D eigenvalue weighted by Gasteiger charge is 2.10. The molecule has 18 heavy (non-hydrogen) atoms. The molecule has 2 rings (SSSR count). The van der Waals surface area contributed by atoms with Crippen molar-refractivity contribution in [3.63, 3.8) is 0 Å². The molecule has 0 heterocycles. The quantitative estimate of drug-likeness (QED) is 0.761. The van der Waals surface area contributed by atoms with Crippen molar-refractivity contribution in [3.8, 4) is 16.9 Å². The number of Topliss-reactive ketones (excluding diaryl/α,β-unsaturated/α-hetero) is 1. The number of ketones is 1. The van der Waals surface area contributed by atoms with Crippen LogP contribution in [0.3, 0.4) is 0 Å². The van der Waals surface area contributed by atoms with E-state index in [4.69, 9.17) is 4.74 Å². The van der Waals surface area contributed by atoms with Gasteiger partial charge in [0, 0.05) is 0 Å². The summed E-state index contributed by atoms with van der Waals surface area (Å²) in [6, 6.07) is 13.9. The largest absolute Gasteiger partial charge is 0.496 e. The summed E-state index contributed by atoms with van der Waals surface area (Å²) in [5.74, 6) is 0.645. The highest BCUT2D eigenvalue weighted by atomic mass is 16.5. The van der Waals surface area contributed by atoms with Gasteiger partial charge in [-0.3, -0.25) is 4.79 Å². The second-order valence-corrected chi connectivity index (χ2v) is 4.29. The van der Waals surface area contributed by atoms with E-state index in [2.05, 4.69) is 19.1 Å². The van der Waals surface area contributed by atoms with E-state index < -0.39 is 0 Å². The van der Waals surface area contributed by atoms with Crippen molar-refractivity contribution in [2.45, 2.75) is 13.8 Å². The number of hydrogen-bond acceptors (Lipinski definition) is 2. The molecule has 0 amide bonds. The smallest absolute Gasteiger partial charge is 0.163 e. The lowest BCUT2D eigenvalue weighted by molar-refractivity contribution is 0.101. The molecule has 0 atom stereocenters. The predicted molar refractivity (Wildman–Crippen MR) is 73.2 cm³/mol. The Bertz CT molecular complexity index is 585. The van der Waals surface area contributed by atoms with Gasteiger partial charge in [-0.15, -0.1) is 0 Å². The van der Waals surface area contributed by atoms with Gasteiger partial charge in [0.2, 0.25) is 0 Å². The zero-order valence-corrected chi connectivity index (χ0v) is 10.9. The molecule has 0 aliphatic carbocycles. The molecule has 0 fully saturated rings. The Morgan fingerprint density at radius 2 is 1.83 bits per heavy atom. The highest BCUT2D eigenvalue weighted by Crippen LogP contribution is 2.29. The highest BCUT2D eigenvalue weighted by molar-refractivity contribution is 5.97. The van der Waals surface area contributed by atoms with Crippen molar-refractivity contribution in [2.24, 2.45) is 0 Å². The normalized spacial score (nSPS) is 10.2. The first-order chi connectivity index (χ1) is 8.63. The Labute approximate surface area is 107 Å². The van der Waals surface area contributed by atoms with Crippen molar-refractivity contribution in [1.29, 1.82) is 0 Å². The van der Waals surface area contributed by atoms with E-state index in [9.17, 15) is 4.79 Å². The third-order valence-electron chi connectivity index (χ3n) is 3.04. The molecule has 0 aliphatic heterocycles. The van der Waals surface area contributed by atoms with E-state index >= 15 is 0 Å².